The highest BCUT2D eigenvalue weighted by molar-refractivity contribution is 6.30. The topological polar surface area (TPSA) is 50.2 Å². The predicted molar refractivity (Wildman–Crippen MR) is 55.0 cm³/mol. The van der Waals surface area contributed by atoms with Crippen LogP contribution in [0, 0.1) is 6.92 Å². The Kier molecular flexibility index (Phi) is 3.11. The molecule has 3 nitrogen and oxygen atoms in total. The maximum atomic E-state index is 10.7. The second-order valence-corrected chi connectivity index (χ2v) is 3.85. The minimum atomic E-state index is -1.05. The summed E-state index contributed by atoms with van der Waals surface area (Å²) in [6.45, 7) is 5.84. The summed E-state index contributed by atoms with van der Waals surface area (Å²) in [7, 11) is 0. The van der Waals surface area contributed by atoms with Crippen LogP contribution in [-0.2, 0) is 0 Å². The number of carboxylic acids is 1. The standard InChI is InChI=1S/C10H12ClNO2/c1-5(2)8-6(3)4-7(10(13)14)12-9(8)11/h4-5H,1-3H3,(H,13,14). The van der Waals surface area contributed by atoms with E-state index in [1.807, 2.05) is 20.8 Å². The van der Waals surface area contributed by atoms with Gasteiger partial charge in [-0.2, -0.15) is 0 Å². The van der Waals surface area contributed by atoms with Gasteiger partial charge in [-0.1, -0.05) is 25.4 Å². The Labute approximate surface area is 87.7 Å². The van der Waals surface area contributed by atoms with Crippen LogP contribution in [0.3, 0.4) is 0 Å². The molecule has 1 rings (SSSR count). The number of aryl methyl sites for hydroxylation is 1. The average Bonchev–Trinajstić information content (AvgIpc) is 2.01. The number of hydrogen-bond acceptors (Lipinski definition) is 2. The third-order valence-electron chi connectivity index (χ3n) is 2.02. The molecule has 0 atom stereocenters. The Morgan fingerprint density at radius 1 is 1.57 bits per heavy atom. The smallest absolute Gasteiger partial charge is 0.354 e. The van der Waals surface area contributed by atoms with E-state index in [-0.39, 0.29) is 16.8 Å². The van der Waals surface area contributed by atoms with Gasteiger partial charge in [0.15, 0.2) is 0 Å². The highest BCUT2D eigenvalue weighted by Crippen LogP contribution is 2.26. The molecule has 0 fully saturated rings. The van der Waals surface area contributed by atoms with Crippen molar-refractivity contribution in [1.29, 1.82) is 0 Å². The van der Waals surface area contributed by atoms with E-state index in [9.17, 15) is 4.79 Å². The molecule has 0 unspecified atom stereocenters. The number of carbonyl (C=O) groups is 1. The van der Waals surface area contributed by atoms with Gasteiger partial charge in [-0.05, 0) is 30.0 Å². The maximum Gasteiger partial charge on any atom is 0.354 e. The third kappa shape index (κ3) is 2.04. The van der Waals surface area contributed by atoms with Crippen molar-refractivity contribution in [3.8, 4) is 0 Å². The summed E-state index contributed by atoms with van der Waals surface area (Å²) in [4.78, 5) is 14.5. The van der Waals surface area contributed by atoms with Crippen molar-refractivity contribution < 1.29 is 9.90 Å². The van der Waals surface area contributed by atoms with Gasteiger partial charge in [0.2, 0.25) is 0 Å². The van der Waals surface area contributed by atoms with E-state index in [0.717, 1.165) is 11.1 Å². The van der Waals surface area contributed by atoms with Gasteiger partial charge in [0.25, 0.3) is 0 Å². The number of aromatic carboxylic acids is 1. The summed E-state index contributed by atoms with van der Waals surface area (Å²) in [5.74, 6) is -0.803. The zero-order chi connectivity index (χ0) is 10.9. The van der Waals surface area contributed by atoms with Crippen LogP contribution in [0.15, 0.2) is 6.07 Å². The summed E-state index contributed by atoms with van der Waals surface area (Å²) in [5.41, 5.74) is 1.78. The second-order valence-electron chi connectivity index (χ2n) is 3.49. The fraction of sp³-hybridized carbons (Fsp3) is 0.400. The molecule has 0 saturated carbocycles. The van der Waals surface area contributed by atoms with Gasteiger partial charge in [0.1, 0.15) is 10.8 Å². The molecular weight excluding hydrogens is 202 g/mol. The van der Waals surface area contributed by atoms with E-state index >= 15 is 0 Å². The fourth-order valence-corrected chi connectivity index (χ4v) is 1.91. The molecule has 4 heteroatoms. The predicted octanol–water partition coefficient (Wildman–Crippen LogP) is 2.87. The zero-order valence-electron chi connectivity index (χ0n) is 8.34. The molecule has 0 amide bonds. The summed E-state index contributed by atoms with van der Waals surface area (Å²) in [5, 5.41) is 9.03. The molecule has 0 radical (unpaired) electrons. The molecule has 0 aliphatic rings. The van der Waals surface area contributed by atoms with Crippen LogP contribution in [0.5, 0.6) is 0 Å². The highest BCUT2D eigenvalue weighted by Gasteiger charge is 2.14. The summed E-state index contributed by atoms with van der Waals surface area (Å²) in [6.07, 6.45) is 0. The Balaban J connectivity index is 3.32. The molecule has 0 aromatic carbocycles. The molecule has 1 N–H and O–H groups in total. The lowest BCUT2D eigenvalue weighted by molar-refractivity contribution is 0.0690. The van der Waals surface area contributed by atoms with Crippen LogP contribution >= 0.6 is 11.6 Å². The average molecular weight is 214 g/mol. The van der Waals surface area contributed by atoms with Crippen molar-refractivity contribution >= 4 is 17.6 Å². The van der Waals surface area contributed by atoms with Gasteiger partial charge in [-0.3, -0.25) is 0 Å². The zero-order valence-corrected chi connectivity index (χ0v) is 9.09. The number of rotatable bonds is 2. The van der Waals surface area contributed by atoms with Gasteiger partial charge in [0, 0.05) is 0 Å². The molecular formula is C10H12ClNO2. The van der Waals surface area contributed by atoms with E-state index in [1.165, 1.54) is 0 Å². The first-order chi connectivity index (χ1) is 6.43. The van der Waals surface area contributed by atoms with Crippen molar-refractivity contribution in [2.75, 3.05) is 0 Å². The molecule has 14 heavy (non-hydrogen) atoms. The molecule has 0 saturated heterocycles. The molecule has 0 aliphatic carbocycles. The minimum absolute atomic E-state index is 0.00287. The fourth-order valence-electron chi connectivity index (χ4n) is 1.45. The van der Waals surface area contributed by atoms with E-state index in [2.05, 4.69) is 4.98 Å². The first-order valence-corrected chi connectivity index (χ1v) is 4.71. The summed E-state index contributed by atoms with van der Waals surface area (Å²) in [6, 6.07) is 1.55. The van der Waals surface area contributed by atoms with E-state index < -0.39 is 5.97 Å². The van der Waals surface area contributed by atoms with Crippen molar-refractivity contribution in [1.82, 2.24) is 4.98 Å². The maximum absolute atomic E-state index is 10.7. The van der Waals surface area contributed by atoms with Crippen molar-refractivity contribution in [2.45, 2.75) is 26.7 Å². The second kappa shape index (κ2) is 3.96. The van der Waals surface area contributed by atoms with Crippen LogP contribution in [-0.4, -0.2) is 16.1 Å². The molecule has 0 bridgehead atoms. The van der Waals surface area contributed by atoms with Crippen LogP contribution in [0.2, 0.25) is 5.15 Å². The van der Waals surface area contributed by atoms with Gasteiger partial charge in [-0.25, -0.2) is 9.78 Å². The number of hydrogen-bond donors (Lipinski definition) is 1. The number of nitrogens with zero attached hydrogens (tertiary/aromatic N) is 1. The normalized spacial score (nSPS) is 10.6. The summed E-state index contributed by atoms with van der Waals surface area (Å²) < 4.78 is 0. The lowest BCUT2D eigenvalue weighted by Crippen LogP contribution is -2.05. The van der Waals surface area contributed by atoms with Gasteiger partial charge in [0.05, 0.1) is 0 Å². The first-order valence-electron chi connectivity index (χ1n) is 4.33. The third-order valence-corrected chi connectivity index (χ3v) is 2.30. The molecule has 1 aromatic heterocycles. The van der Waals surface area contributed by atoms with Crippen LogP contribution < -0.4 is 0 Å². The van der Waals surface area contributed by atoms with E-state index in [1.54, 1.807) is 6.07 Å². The Morgan fingerprint density at radius 3 is 2.50 bits per heavy atom. The Hall–Kier alpha value is -1.09. The van der Waals surface area contributed by atoms with Crippen molar-refractivity contribution in [3.63, 3.8) is 0 Å². The Bertz CT molecular complexity index is 351. The highest BCUT2D eigenvalue weighted by atomic mass is 35.5. The lowest BCUT2D eigenvalue weighted by atomic mass is 10.00. The van der Waals surface area contributed by atoms with Gasteiger partial charge in [-0.15, -0.1) is 0 Å². The number of halogens is 1. The molecule has 76 valence electrons. The van der Waals surface area contributed by atoms with Crippen LogP contribution in [0.25, 0.3) is 0 Å². The molecule has 0 spiro atoms. The summed E-state index contributed by atoms with van der Waals surface area (Å²) >= 11 is 5.90. The monoisotopic (exact) mass is 213 g/mol. The number of aromatic nitrogens is 1. The number of pyridine rings is 1. The molecule has 1 heterocycles. The molecule has 1 aromatic rings. The number of carboxylic acid groups (broad SMARTS) is 1. The van der Waals surface area contributed by atoms with Crippen molar-refractivity contribution in [2.24, 2.45) is 0 Å². The minimum Gasteiger partial charge on any atom is -0.477 e. The first kappa shape index (κ1) is 11.0. The SMILES string of the molecule is Cc1cc(C(=O)O)nc(Cl)c1C(C)C. The van der Waals surface area contributed by atoms with Crippen LogP contribution in [0.1, 0.15) is 41.4 Å². The van der Waals surface area contributed by atoms with E-state index in [0.29, 0.717) is 0 Å². The lowest BCUT2D eigenvalue weighted by Gasteiger charge is -2.11. The van der Waals surface area contributed by atoms with E-state index in [4.69, 9.17) is 16.7 Å². The van der Waals surface area contributed by atoms with Crippen LogP contribution in [0.4, 0.5) is 0 Å². The van der Waals surface area contributed by atoms with Gasteiger partial charge >= 0.3 is 5.97 Å². The molecule has 0 aliphatic heterocycles. The Morgan fingerprint density at radius 2 is 2.14 bits per heavy atom. The van der Waals surface area contributed by atoms with Gasteiger partial charge < -0.3 is 5.11 Å². The largest absolute Gasteiger partial charge is 0.477 e. The van der Waals surface area contributed by atoms with Crippen molar-refractivity contribution in [3.05, 3.63) is 28.0 Å². The quantitative estimate of drug-likeness (QED) is 0.769.